The van der Waals surface area contributed by atoms with Gasteiger partial charge in [0.15, 0.2) is 11.6 Å². The number of anilines is 1. The molecule has 0 fully saturated rings. The van der Waals surface area contributed by atoms with Crippen LogP contribution in [-0.2, 0) is 10.0 Å². The predicted octanol–water partition coefficient (Wildman–Crippen LogP) is 1.33. The number of rotatable bonds is 5. The van der Waals surface area contributed by atoms with E-state index in [1.54, 1.807) is 0 Å². The van der Waals surface area contributed by atoms with Crippen LogP contribution in [0, 0.1) is 0 Å². The van der Waals surface area contributed by atoms with Crippen LogP contribution in [0.1, 0.15) is 19.8 Å². The van der Waals surface area contributed by atoms with E-state index in [4.69, 9.17) is 0 Å². The summed E-state index contributed by atoms with van der Waals surface area (Å²) in [5.74, 6) is -0.148. The van der Waals surface area contributed by atoms with Gasteiger partial charge in [-0.1, -0.05) is 13.3 Å². The summed E-state index contributed by atoms with van der Waals surface area (Å²) in [6.07, 6.45) is 2.80. The van der Waals surface area contributed by atoms with Crippen LogP contribution in [0.15, 0.2) is 18.3 Å². The molecule has 0 saturated heterocycles. The lowest BCUT2D eigenvalue weighted by atomic mass is 10.4. The molecule has 1 heterocycles. The topological polar surface area (TPSA) is 79.3 Å². The van der Waals surface area contributed by atoms with Crippen LogP contribution in [0.4, 0.5) is 5.82 Å². The van der Waals surface area contributed by atoms with Gasteiger partial charge in [-0.25, -0.2) is 13.4 Å². The number of sulfonamides is 1. The molecule has 84 valence electrons. The van der Waals surface area contributed by atoms with Crippen molar-refractivity contribution in [1.82, 2.24) is 4.98 Å². The van der Waals surface area contributed by atoms with Crippen LogP contribution in [0.5, 0.6) is 5.75 Å². The molecular weight excluding hydrogens is 216 g/mol. The number of nitrogens with zero attached hydrogens (tertiary/aromatic N) is 1. The van der Waals surface area contributed by atoms with E-state index in [0.717, 1.165) is 6.42 Å². The second-order valence-electron chi connectivity index (χ2n) is 3.15. The molecule has 0 bridgehead atoms. The summed E-state index contributed by atoms with van der Waals surface area (Å²) >= 11 is 0. The number of hydrogen-bond donors (Lipinski definition) is 2. The summed E-state index contributed by atoms with van der Waals surface area (Å²) in [6.45, 7) is 1.91. The van der Waals surface area contributed by atoms with E-state index in [2.05, 4.69) is 9.71 Å². The van der Waals surface area contributed by atoms with Crippen LogP contribution >= 0.6 is 0 Å². The van der Waals surface area contributed by atoms with Gasteiger partial charge in [-0.05, 0) is 18.6 Å². The van der Waals surface area contributed by atoms with Crippen molar-refractivity contribution in [3.8, 4) is 5.75 Å². The van der Waals surface area contributed by atoms with Crippen molar-refractivity contribution in [1.29, 1.82) is 0 Å². The molecule has 0 saturated carbocycles. The molecule has 0 atom stereocenters. The molecule has 1 aromatic heterocycles. The summed E-state index contributed by atoms with van der Waals surface area (Å²) in [5.41, 5.74) is 0. The summed E-state index contributed by atoms with van der Waals surface area (Å²) in [4.78, 5) is 3.73. The van der Waals surface area contributed by atoms with Gasteiger partial charge in [0, 0.05) is 6.20 Å². The van der Waals surface area contributed by atoms with Crippen LogP contribution < -0.4 is 4.72 Å². The number of aromatic hydroxyl groups is 1. The third-order valence-corrected chi connectivity index (χ3v) is 3.14. The average molecular weight is 230 g/mol. The zero-order valence-electron chi connectivity index (χ0n) is 8.47. The van der Waals surface area contributed by atoms with E-state index in [-0.39, 0.29) is 17.3 Å². The van der Waals surface area contributed by atoms with Gasteiger partial charge in [-0.3, -0.25) is 4.72 Å². The first kappa shape index (κ1) is 11.8. The largest absolute Gasteiger partial charge is 0.504 e. The van der Waals surface area contributed by atoms with Crippen molar-refractivity contribution in [2.75, 3.05) is 10.5 Å². The molecule has 15 heavy (non-hydrogen) atoms. The van der Waals surface area contributed by atoms with Crippen LogP contribution in [-0.4, -0.2) is 24.3 Å². The third kappa shape index (κ3) is 3.75. The molecule has 0 aromatic carbocycles. The zero-order valence-corrected chi connectivity index (χ0v) is 9.29. The van der Waals surface area contributed by atoms with E-state index in [0.29, 0.717) is 6.42 Å². The van der Waals surface area contributed by atoms with Crippen molar-refractivity contribution in [3.05, 3.63) is 18.3 Å². The number of hydrogen-bond acceptors (Lipinski definition) is 4. The molecule has 5 nitrogen and oxygen atoms in total. The monoisotopic (exact) mass is 230 g/mol. The van der Waals surface area contributed by atoms with Crippen LogP contribution in [0.25, 0.3) is 0 Å². The molecule has 0 amide bonds. The molecule has 1 aromatic rings. The lowest BCUT2D eigenvalue weighted by molar-refractivity contribution is 0.475. The van der Waals surface area contributed by atoms with Gasteiger partial charge >= 0.3 is 0 Å². The Labute approximate surface area is 89.2 Å². The average Bonchev–Trinajstić information content (AvgIpc) is 2.18. The second kappa shape index (κ2) is 4.97. The Hall–Kier alpha value is -1.30. The fraction of sp³-hybridized carbons (Fsp3) is 0.444. The maximum atomic E-state index is 11.4. The van der Waals surface area contributed by atoms with E-state index >= 15 is 0 Å². The van der Waals surface area contributed by atoms with Crippen molar-refractivity contribution >= 4 is 15.8 Å². The quantitative estimate of drug-likeness (QED) is 0.799. The Balaban J connectivity index is 2.74. The van der Waals surface area contributed by atoms with Gasteiger partial charge in [-0.15, -0.1) is 0 Å². The molecule has 2 N–H and O–H groups in total. The minimum atomic E-state index is -3.39. The lowest BCUT2D eigenvalue weighted by Crippen LogP contribution is -2.17. The first-order valence-electron chi connectivity index (χ1n) is 4.69. The fourth-order valence-corrected chi connectivity index (χ4v) is 2.23. The van der Waals surface area contributed by atoms with Gasteiger partial charge < -0.3 is 5.11 Å². The van der Waals surface area contributed by atoms with Gasteiger partial charge in [0.1, 0.15) is 0 Å². The maximum absolute atomic E-state index is 11.4. The number of pyridine rings is 1. The van der Waals surface area contributed by atoms with Gasteiger partial charge in [0.05, 0.1) is 5.75 Å². The summed E-state index contributed by atoms with van der Waals surface area (Å²) in [7, 11) is -3.39. The Bertz CT molecular complexity index is 417. The number of nitrogens with one attached hydrogen (secondary N) is 1. The minimum Gasteiger partial charge on any atom is -0.504 e. The van der Waals surface area contributed by atoms with Crippen molar-refractivity contribution in [2.24, 2.45) is 0 Å². The van der Waals surface area contributed by atoms with E-state index in [9.17, 15) is 13.5 Å². The SMILES string of the molecule is CCCCS(=O)(=O)Nc1ncccc1O. The van der Waals surface area contributed by atoms with Gasteiger partial charge in [-0.2, -0.15) is 0 Å². The van der Waals surface area contributed by atoms with Crippen LogP contribution in [0.2, 0.25) is 0 Å². The molecule has 0 aliphatic carbocycles. The van der Waals surface area contributed by atoms with E-state index in [1.165, 1.54) is 18.3 Å². The summed E-state index contributed by atoms with van der Waals surface area (Å²) in [6, 6.07) is 2.91. The molecule has 0 spiro atoms. The Kier molecular flexibility index (Phi) is 3.90. The summed E-state index contributed by atoms with van der Waals surface area (Å²) < 4.78 is 25.1. The van der Waals surface area contributed by atoms with Crippen molar-refractivity contribution in [3.63, 3.8) is 0 Å². The highest BCUT2D eigenvalue weighted by atomic mass is 32.2. The smallest absolute Gasteiger partial charge is 0.233 e. The Morgan fingerprint density at radius 3 is 2.87 bits per heavy atom. The van der Waals surface area contributed by atoms with E-state index in [1.807, 2.05) is 6.92 Å². The standard InChI is InChI=1S/C9H14N2O3S/c1-2-3-7-15(13,14)11-9-8(12)5-4-6-10-9/h4-6,12H,2-3,7H2,1H3,(H,10,11). The van der Waals surface area contributed by atoms with Crippen LogP contribution in [0.3, 0.4) is 0 Å². The molecule has 1 rings (SSSR count). The number of unbranched alkanes of at least 4 members (excludes halogenated alkanes) is 1. The third-order valence-electron chi connectivity index (χ3n) is 1.81. The van der Waals surface area contributed by atoms with E-state index < -0.39 is 10.0 Å². The number of aromatic nitrogens is 1. The molecule has 0 radical (unpaired) electrons. The highest BCUT2D eigenvalue weighted by Gasteiger charge is 2.12. The lowest BCUT2D eigenvalue weighted by Gasteiger charge is -2.07. The normalized spacial score (nSPS) is 11.3. The molecule has 6 heteroatoms. The first-order chi connectivity index (χ1) is 7.05. The van der Waals surface area contributed by atoms with Gasteiger partial charge in [0.25, 0.3) is 0 Å². The Morgan fingerprint density at radius 2 is 2.27 bits per heavy atom. The van der Waals surface area contributed by atoms with Crippen molar-refractivity contribution < 1.29 is 13.5 Å². The predicted molar refractivity (Wildman–Crippen MR) is 58.2 cm³/mol. The molecule has 0 aliphatic rings. The Morgan fingerprint density at radius 1 is 1.53 bits per heavy atom. The van der Waals surface area contributed by atoms with Crippen molar-refractivity contribution in [2.45, 2.75) is 19.8 Å². The second-order valence-corrected chi connectivity index (χ2v) is 4.99. The van der Waals surface area contributed by atoms with Gasteiger partial charge in [0.2, 0.25) is 10.0 Å². The highest BCUT2D eigenvalue weighted by molar-refractivity contribution is 7.92. The fourth-order valence-electron chi connectivity index (χ4n) is 1.01. The minimum absolute atomic E-state index is 0.0198. The zero-order chi connectivity index (χ0) is 11.3. The molecular formula is C9H14N2O3S. The molecule has 0 aliphatic heterocycles. The highest BCUT2D eigenvalue weighted by Crippen LogP contribution is 2.19. The summed E-state index contributed by atoms with van der Waals surface area (Å²) in [5, 5.41) is 9.31. The maximum Gasteiger partial charge on any atom is 0.233 e. The molecule has 0 unspecified atom stereocenters. The first-order valence-corrected chi connectivity index (χ1v) is 6.35.